The second kappa shape index (κ2) is 4.65. The first kappa shape index (κ1) is 11.1. The van der Waals surface area contributed by atoms with Crippen molar-refractivity contribution in [1.82, 2.24) is 5.32 Å². The average Bonchev–Trinajstić information content (AvgIpc) is 2.87. The second-order valence-electron chi connectivity index (χ2n) is 5.24. The molecule has 2 aliphatic rings. The fraction of sp³-hybridized carbons (Fsp3) is 0.923. The zero-order valence-corrected chi connectivity index (χ0v) is 9.85. The van der Waals surface area contributed by atoms with Crippen LogP contribution in [-0.2, 0) is 4.79 Å². The zero-order chi connectivity index (χ0) is 10.7. The standard InChI is InChI=1S/C13H23NO/c1-2-13(8-5-9-14-13)12(15)10-11-6-3-4-7-11/h11,14H,2-10H2,1H3. The summed E-state index contributed by atoms with van der Waals surface area (Å²) in [5.41, 5.74) is -0.136. The van der Waals surface area contributed by atoms with Crippen molar-refractivity contribution in [2.24, 2.45) is 5.92 Å². The summed E-state index contributed by atoms with van der Waals surface area (Å²) in [6.07, 6.45) is 9.28. The molecule has 2 fully saturated rings. The highest BCUT2D eigenvalue weighted by Gasteiger charge is 2.39. The smallest absolute Gasteiger partial charge is 0.153 e. The Balaban J connectivity index is 1.92. The Morgan fingerprint density at radius 2 is 2.07 bits per heavy atom. The molecule has 15 heavy (non-hydrogen) atoms. The first-order chi connectivity index (χ1) is 7.27. The molecule has 1 unspecified atom stereocenters. The van der Waals surface area contributed by atoms with Crippen molar-refractivity contribution in [1.29, 1.82) is 0 Å². The number of carbonyl (C=O) groups excluding carboxylic acids is 1. The summed E-state index contributed by atoms with van der Waals surface area (Å²) in [4.78, 5) is 12.3. The minimum atomic E-state index is -0.136. The van der Waals surface area contributed by atoms with Crippen LogP contribution in [0, 0.1) is 5.92 Å². The molecule has 86 valence electrons. The van der Waals surface area contributed by atoms with Gasteiger partial charge in [0.15, 0.2) is 5.78 Å². The predicted molar refractivity (Wildman–Crippen MR) is 61.8 cm³/mol. The van der Waals surface area contributed by atoms with Crippen LogP contribution in [0.1, 0.15) is 58.3 Å². The molecule has 1 aliphatic carbocycles. The summed E-state index contributed by atoms with van der Waals surface area (Å²) in [6, 6.07) is 0. The summed E-state index contributed by atoms with van der Waals surface area (Å²) in [5.74, 6) is 1.19. The first-order valence-corrected chi connectivity index (χ1v) is 6.55. The van der Waals surface area contributed by atoms with Gasteiger partial charge in [-0.15, -0.1) is 0 Å². The molecule has 2 heteroatoms. The fourth-order valence-electron chi connectivity index (χ4n) is 3.22. The molecule has 1 saturated heterocycles. The molecule has 0 aromatic carbocycles. The van der Waals surface area contributed by atoms with Gasteiger partial charge in [-0.25, -0.2) is 0 Å². The van der Waals surface area contributed by atoms with Crippen LogP contribution in [-0.4, -0.2) is 17.9 Å². The molecule has 0 bridgehead atoms. The Morgan fingerprint density at radius 3 is 2.60 bits per heavy atom. The maximum atomic E-state index is 12.3. The molecule has 1 aliphatic heterocycles. The molecule has 1 heterocycles. The lowest BCUT2D eigenvalue weighted by Gasteiger charge is -2.27. The summed E-state index contributed by atoms with van der Waals surface area (Å²) in [5, 5.41) is 3.44. The minimum absolute atomic E-state index is 0.136. The third kappa shape index (κ3) is 2.25. The van der Waals surface area contributed by atoms with E-state index in [4.69, 9.17) is 0 Å². The van der Waals surface area contributed by atoms with Crippen LogP contribution in [0.2, 0.25) is 0 Å². The Labute approximate surface area is 92.8 Å². The number of carbonyl (C=O) groups is 1. The molecule has 1 N–H and O–H groups in total. The van der Waals surface area contributed by atoms with Crippen LogP contribution in [0.25, 0.3) is 0 Å². The Bertz CT molecular complexity index is 225. The van der Waals surface area contributed by atoms with E-state index in [0.29, 0.717) is 11.7 Å². The average molecular weight is 209 g/mol. The van der Waals surface area contributed by atoms with E-state index < -0.39 is 0 Å². The lowest BCUT2D eigenvalue weighted by atomic mass is 9.84. The van der Waals surface area contributed by atoms with Gasteiger partial charge in [-0.1, -0.05) is 32.6 Å². The molecule has 0 aromatic rings. The van der Waals surface area contributed by atoms with Crippen molar-refractivity contribution in [3.63, 3.8) is 0 Å². The predicted octanol–water partition coefficient (Wildman–Crippen LogP) is 2.67. The van der Waals surface area contributed by atoms with E-state index >= 15 is 0 Å². The van der Waals surface area contributed by atoms with Crippen molar-refractivity contribution in [3.8, 4) is 0 Å². The maximum absolute atomic E-state index is 12.3. The van der Waals surface area contributed by atoms with Gasteiger partial charge in [0.1, 0.15) is 0 Å². The van der Waals surface area contributed by atoms with E-state index in [9.17, 15) is 4.79 Å². The van der Waals surface area contributed by atoms with Gasteiger partial charge >= 0.3 is 0 Å². The third-order valence-electron chi connectivity index (χ3n) is 4.33. The Hall–Kier alpha value is -0.370. The van der Waals surface area contributed by atoms with E-state index in [2.05, 4.69) is 12.2 Å². The summed E-state index contributed by atoms with van der Waals surface area (Å²) >= 11 is 0. The van der Waals surface area contributed by atoms with Gasteiger partial charge in [0.2, 0.25) is 0 Å². The topological polar surface area (TPSA) is 29.1 Å². The van der Waals surface area contributed by atoms with Gasteiger partial charge < -0.3 is 5.32 Å². The number of hydrogen-bond donors (Lipinski definition) is 1. The number of Topliss-reactive ketones (excluding diaryl/α,β-unsaturated/α-hetero) is 1. The molecule has 0 aromatic heterocycles. The SMILES string of the molecule is CCC1(C(=O)CC2CCCC2)CCCN1. The molecule has 0 amide bonds. The molecule has 0 radical (unpaired) electrons. The van der Waals surface area contributed by atoms with Crippen molar-refractivity contribution < 1.29 is 4.79 Å². The van der Waals surface area contributed by atoms with Gasteiger partial charge in [0.25, 0.3) is 0 Å². The van der Waals surface area contributed by atoms with Crippen LogP contribution >= 0.6 is 0 Å². The zero-order valence-electron chi connectivity index (χ0n) is 9.85. The third-order valence-corrected chi connectivity index (χ3v) is 4.33. The normalized spacial score (nSPS) is 32.3. The molecule has 1 saturated carbocycles. The first-order valence-electron chi connectivity index (χ1n) is 6.55. The van der Waals surface area contributed by atoms with Crippen molar-refractivity contribution in [2.75, 3.05) is 6.54 Å². The minimum Gasteiger partial charge on any atom is -0.305 e. The number of nitrogens with one attached hydrogen (secondary N) is 1. The van der Waals surface area contributed by atoms with Crippen molar-refractivity contribution in [3.05, 3.63) is 0 Å². The van der Waals surface area contributed by atoms with E-state index in [1.165, 1.54) is 32.1 Å². The lowest BCUT2D eigenvalue weighted by molar-refractivity contribution is -0.126. The molecular weight excluding hydrogens is 186 g/mol. The van der Waals surface area contributed by atoms with E-state index in [1.807, 2.05) is 0 Å². The Kier molecular flexibility index (Phi) is 3.45. The molecule has 2 rings (SSSR count). The Morgan fingerprint density at radius 1 is 1.33 bits per heavy atom. The highest BCUT2D eigenvalue weighted by molar-refractivity contribution is 5.88. The largest absolute Gasteiger partial charge is 0.305 e. The molecule has 2 nitrogen and oxygen atoms in total. The quantitative estimate of drug-likeness (QED) is 0.771. The lowest BCUT2D eigenvalue weighted by Crippen LogP contribution is -2.47. The highest BCUT2D eigenvalue weighted by Crippen LogP contribution is 2.32. The summed E-state index contributed by atoms with van der Waals surface area (Å²) in [6.45, 7) is 3.18. The van der Waals surface area contributed by atoms with E-state index in [-0.39, 0.29) is 5.54 Å². The maximum Gasteiger partial charge on any atom is 0.153 e. The van der Waals surface area contributed by atoms with E-state index in [1.54, 1.807) is 0 Å². The summed E-state index contributed by atoms with van der Waals surface area (Å²) < 4.78 is 0. The van der Waals surface area contributed by atoms with Gasteiger partial charge in [-0.3, -0.25) is 4.79 Å². The van der Waals surface area contributed by atoms with Crippen LogP contribution < -0.4 is 5.32 Å². The van der Waals surface area contributed by atoms with Gasteiger partial charge in [-0.05, 0) is 31.7 Å². The van der Waals surface area contributed by atoms with Crippen LogP contribution in [0.15, 0.2) is 0 Å². The number of ketones is 1. The van der Waals surface area contributed by atoms with Crippen molar-refractivity contribution in [2.45, 2.75) is 63.8 Å². The van der Waals surface area contributed by atoms with Crippen LogP contribution in [0.4, 0.5) is 0 Å². The van der Waals surface area contributed by atoms with Crippen LogP contribution in [0.5, 0.6) is 0 Å². The van der Waals surface area contributed by atoms with Gasteiger partial charge in [0.05, 0.1) is 5.54 Å². The van der Waals surface area contributed by atoms with Crippen molar-refractivity contribution >= 4 is 5.78 Å². The van der Waals surface area contributed by atoms with Crippen LogP contribution in [0.3, 0.4) is 0 Å². The van der Waals surface area contributed by atoms with E-state index in [0.717, 1.165) is 25.8 Å². The number of rotatable bonds is 4. The van der Waals surface area contributed by atoms with Gasteiger partial charge in [0, 0.05) is 6.42 Å². The number of hydrogen-bond acceptors (Lipinski definition) is 2. The summed E-state index contributed by atoms with van der Waals surface area (Å²) in [7, 11) is 0. The molecule has 0 spiro atoms. The molecular formula is C13H23NO. The molecule has 1 atom stereocenters. The highest BCUT2D eigenvalue weighted by atomic mass is 16.1. The second-order valence-corrected chi connectivity index (χ2v) is 5.24. The monoisotopic (exact) mass is 209 g/mol. The van der Waals surface area contributed by atoms with Gasteiger partial charge in [-0.2, -0.15) is 0 Å². The fourth-order valence-corrected chi connectivity index (χ4v) is 3.22.